The van der Waals surface area contributed by atoms with Gasteiger partial charge in [0.2, 0.25) is 0 Å². The molecule has 2 rings (SSSR count). The van der Waals surface area contributed by atoms with Gasteiger partial charge in [0.15, 0.2) is 0 Å². The van der Waals surface area contributed by atoms with E-state index in [4.69, 9.17) is 0 Å². The molecule has 1 unspecified atom stereocenters. The summed E-state index contributed by atoms with van der Waals surface area (Å²) in [7, 11) is 0. The Balaban J connectivity index is 2.12. The minimum absolute atomic E-state index is 0.0502. The normalized spacial score (nSPS) is 11.7. The maximum absolute atomic E-state index is 11.8. The Morgan fingerprint density at radius 2 is 1.91 bits per heavy atom. The van der Waals surface area contributed by atoms with Crippen molar-refractivity contribution in [1.29, 1.82) is 0 Å². The van der Waals surface area contributed by atoms with E-state index in [1.165, 1.54) is 5.56 Å². The third kappa shape index (κ3) is 4.58. The maximum atomic E-state index is 11.8. The number of carbonyl (C=O) groups excluding carboxylic acids is 1. The predicted octanol–water partition coefficient (Wildman–Crippen LogP) is 3.23. The zero-order valence-corrected chi connectivity index (χ0v) is 13.2. The summed E-state index contributed by atoms with van der Waals surface area (Å²) >= 11 is 0. The number of pyridine rings is 1. The molecule has 4 nitrogen and oxygen atoms in total. The van der Waals surface area contributed by atoms with Crippen LogP contribution in [0.1, 0.15) is 36.1 Å². The maximum Gasteiger partial charge on any atom is 0.314 e. The monoisotopic (exact) mass is 297 g/mol. The standard InChI is InChI=1S/C18H23N3O/c1-3-11-20-18(22)21-13-16(17-6-4-5-12-19-17)15-9-7-14(2)8-10-15/h4-10,12,16H,3,11,13H2,1-2H3,(H2,20,21,22). The number of amides is 2. The number of aryl methyl sites for hydroxylation is 1. The molecule has 0 saturated carbocycles. The number of hydrogen-bond acceptors (Lipinski definition) is 2. The van der Waals surface area contributed by atoms with Crippen molar-refractivity contribution < 1.29 is 4.79 Å². The molecule has 1 heterocycles. The zero-order chi connectivity index (χ0) is 15.8. The van der Waals surface area contributed by atoms with E-state index in [1.54, 1.807) is 6.20 Å². The van der Waals surface area contributed by atoms with Crippen LogP contribution in [0.5, 0.6) is 0 Å². The Kier molecular flexibility index (Phi) is 5.95. The summed E-state index contributed by atoms with van der Waals surface area (Å²) in [6, 6.07) is 14.1. The Labute approximate surface area is 132 Å². The smallest absolute Gasteiger partial charge is 0.314 e. The second kappa shape index (κ2) is 8.17. The molecule has 22 heavy (non-hydrogen) atoms. The Morgan fingerprint density at radius 3 is 2.55 bits per heavy atom. The van der Waals surface area contributed by atoms with Crippen LogP contribution in [0.15, 0.2) is 48.7 Å². The molecule has 116 valence electrons. The highest BCUT2D eigenvalue weighted by molar-refractivity contribution is 5.73. The minimum Gasteiger partial charge on any atom is -0.338 e. The van der Waals surface area contributed by atoms with Crippen LogP contribution in [0.2, 0.25) is 0 Å². The van der Waals surface area contributed by atoms with Crippen LogP contribution in [0.25, 0.3) is 0 Å². The van der Waals surface area contributed by atoms with Gasteiger partial charge in [-0.3, -0.25) is 4.98 Å². The minimum atomic E-state index is -0.130. The summed E-state index contributed by atoms with van der Waals surface area (Å²) in [6.45, 7) is 5.31. The SMILES string of the molecule is CCCNC(=O)NCC(c1ccc(C)cc1)c1ccccn1. The summed E-state index contributed by atoms with van der Waals surface area (Å²) in [5.41, 5.74) is 3.33. The number of benzene rings is 1. The van der Waals surface area contributed by atoms with Gasteiger partial charge in [-0.2, -0.15) is 0 Å². The molecular weight excluding hydrogens is 274 g/mol. The van der Waals surface area contributed by atoms with Gasteiger partial charge < -0.3 is 10.6 Å². The van der Waals surface area contributed by atoms with Crippen molar-refractivity contribution in [1.82, 2.24) is 15.6 Å². The lowest BCUT2D eigenvalue weighted by Gasteiger charge is -2.18. The van der Waals surface area contributed by atoms with E-state index in [-0.39, 0.29) is 11.9 Å². The largest absolute Gasteiger partial charge is 0.338 e. The molecule has 0 aliphatic heterocycles. The fraction of sp³-hybridized carbons (Fsp3) is 0.333. The highest BCUT2D eigenvalue weighted by Gasteiger charge is 2.16. The van der Waals surface area contributed by atoms with E-state index in [9.17, 15) is 4.79 Å². The van der Waals surface area contributed by atoms with Crippen molar-refractivity contribution in [2.75, 3.05) is 13.1 Å². The molecule has 4 heteroatoms. The van der Waals surface area contributed by atoms with E-state index in [0.29, 0.717) is 13.1 Å². The lowest BCUT2D eigenvalue weighted by Crippen LogP contribution is -2.38. The molecule has 0 aliphatic carbocycles. The Morgan fingerprint density at radius 1 is 1.14 bits per heavy atom. The molecule has 0 fully saturated rings. The predicted molar refractivity (Wildman–Crippen MR) is 89.0 cm³/mol. The van der Waals surface area contributed by atoms with E-state index in [2.05, 4.69) is 46.8 Å². The van der Waals surface area contributed by atoms with Gasteiger partial charge in [-0.1, -0.05) is 42.8 Å². The van der Waals surface area contributed by atoms with Crippen molar-refractivity contribution in [3.63, 3.8) is 0 Å². The van der Waals surface area contributed by atoms with E-state index in [1.807, 2.05) is 25.1 Å². The van der Waals surface area contributed by atoms with Gasteiger partial charge in [0, 0.05) is 30.9 Å². The molecule has 1 atom stereocenters. The molecule has 0 spiro atoms. The summed E-state index contributed by atoms with van der Waals surface area (Å²) < 4.78 is 0. The molecule has 0 bridgehead atoms. The first-order valence-corrected chi connectivity index (χ1v) is 7.70. The number of carbonyl (C=O) groups is 1. The molecule has 0 radical (unpaired) electrons. The highest BCUT2D eigenvalue weighted by Crippen LogP contribution is 2.22. The van der Waals surface area contributed by atoms with Gasteiger partial charge >= 0.3 is 6.03 Å². The average molecular weight is 297 g/mol. The molecule has 1 aromatic heterocycles. The number of urea groups is 1. The van der Waals surface area contributed by atoms with Crippen molar-refractivity contribution in [3.8, 4) is 0 Å². The number of nitrogens with one attached hydrogen (secondary N) is 2. The molecule has 2 N–H and O–H groups in total. The summed E-state index contributed by atoms with van der Waals surface area (Å²) in [5, 5.41) is 5.77. The van der Waals surface area contributed by atoms with Gasteiger partial charge in [-0.15, -0.1) is 0 Å². The van der Waals surface area contributed by atoms with E-state index < -0.39 is 0 Å². The Bertz CT molecular complexity index is 581. The first kappa shape index (κ1) is 16.0. The van der Waals surface area contributed by atoms with Crippen LogP contribution in [0.3, 0.4) is 0 Å². The molecule has 0 aliphatic rings. The van der Waals surface area contributed by atoms with Crippen LogP contribution in [0.4, 0.5) is 4.79 Å². The van der Waals surface area contributed by atoms with Gasteiger partial charge in [-0.25, -0.2) is 4.79 Å². The molecule has 0 saturated heterocycles. The first-order chi connectivity index (χ1) is 10.7. The van der Waals surface area contributed by atoms with Gasteiger partial charge in [-0.05, 0) is 31.0 Å². The quantitative estimate of drug-likeness (QED) is 0.860. The molecule has 1 aromatic carbocycles. The topological polar surface area (TPSA) is 54.0 Å². The van der Waals surface area contributed by atoms with Crippen LogP contribution in [-0.4, -0.2) is 24.1 Å². The average Bonchev–Trinajstić information content (AvgIpc) is 2.55. The van der Waals surface area contributed by atoms with Gasteiger partial charge in [0.1, 0.15) is 0 Å². The molecule has 2 aromatic rings. The number of nitrogens with zero attached hydrogens (tertiary/aromatic N) is 1. The summed E-state index contributed by atoms with van der Waals surface area (Å²) in [4.78, 5) is 16.2. The van der Waals surface area contributed by atoms with Gasteiger partial charge in [0.25, 0.3) is 0 Å². The van der Waals surface area contributed by atoms with Gasteiger partial charge in [0.05, 0.1) is 0 Å². The van der Waals surface area contributed by atoms with E-state index >= 15 is 0 Å². The fourth-order valence-corrected chi connectivity index (χ4v) is 2.27. The van der Waals surface area contributed by atoms with Crippen LogP contribution < -0.4 is 10.6 Å². The molecular formula is C18H23N3O. The van der Waals surface area contributed by atoms with Crippen molar-refractivity contribution in [3.05, 3.63) is 65.5 Å². The van der Waals surface area contributed by atoms with E-state index in [0.717, 1.165) is 17.7 Å². The van der Waals surface area contributed by atoms with Crippen molar-refractivity contribution in [2.24, 2.45) is 0 Å². The second-order valence-corrected chi connectivity index (χ2v) is 5.35. The number of rotatable bonds is 6. The third-order valence-corrected chi connectivity index (χ3v) is 3.53. The van der Waals surface area contributed by atoms with Crippen LogP contribution >= 0.6 is 0 Å². The molecule has 2 amide bonds. The van der Waals surface area contributed by atoms with Crippen molar-refractivity contribution in [2.45, 2.75) is 26.2 Å². The summed E-state index contributed by atoms with van der Waals surface area (Å²) in [5.74, 6) is 0.0502. The fourth-order valence-electron chi connectivity index (χ4n) is 2.27. The van der Waals surface area contributed by atoms with Crippen molar-refractivity contribution >= 4 is 6.03 Å². The summed E-state index contributed by atoms with van der Waals surface area (Å²) in [6.07, 6.45) is 2.71. The van der Waals surface area contributed by atoms with Crippen LogP contribution in [-0.2, 0) is 0 Å². The third-order valence-electron chi connectivity index (χ3n) is 3.53. The number of hydrogen-bond donors (Lipinski definition) is 2. The highest BCUT2D eigenvalue weighted by atomic mass is 16.2. The second-order valence-electron chi connectivity index (χ2n) is 5.35. The lowest BCUT2D eigenvalue weighted by molar-refractivity contribution is 0.240. The Hall–Kier alpha value is -2.36. The lowest BCUT2D eigenvalue weighted by atomic mass is 9.94. The van der Waals surface area contributed by atoms with Crippen LogP contribution in [0, 0.1) is 6.92 Å². The number of aromatic nitrogens is 1. The zero-order valence-electron chi connectivity index (χ0n) is 13.2. The first-order valence-electron chi connectivity index (χ1n) is 7.70.